The van der Waals surface area contributed by atoms with E-state index in [1.54, 1.807) is 0 Å². The van der Waals surface area contributed by atoms with Crippen LogP contribution in [0.4, 0.5) is 11.9 Å². The summed E-state index contributed by atoms with van der Waals surface area (Å²) in [6, 6.07) is 0.264. The summed E-state index contributed by atoms with van der Waals surface area (Å²) in [5.74, 6) is 6.21. The fourth-order valence-electron chi connectivity index (χ4n) is 1.49. The molecule has 0 saturated carbocycles. The zero-order valence-corrected chi connectivity index (χ0v) is 10.6. The number of nitrogens with two attached hydrogens (primary N) is 1. The molecule has 1 aromatic heterocycles. The minimum Gasteiger partial charge on any atom is -0.467 e. The van der Waals surface area contributed by atoms with Gasteiger partial charge in [-0.3, -0.25) is 5.43 Å². The minimum absolute atomic E-state index is 0.264. The Kier molecular flexibility index (Phi) is 5.41. The van der Waals surface area contributed by atoms with Gasteiger partial charge in [-0.1, -0.05) is 13.8 Å². The molecule has 0 spiro atoms. The highest BCUT2D eigenvalue weighted by Gasteiger charge is 2.12. The predicted molar refractivity (Wildman–Crippen MR) is 67.0 cm³/mol. The predicted octanol–water partition coefficient (Wildman–Crippen LogP) is 0.792. The van der Waals surface area contributed by atoms with Gasteiger partial charge in [0.05, 0.1) is 7.11 Å². The molecule has 0 aliphatic rings. The molecule has 0 amide bonds. The topological polar surface area (TPSA) is 89.2 Å². The second-order valence-electron chi connectivity index (χ2n) is 3.58. The lowest BCUT2D eigenvalue weighted by Crippen LogP contribution is -2.28. The molecule has 1 rings (SSSR count). The lowest BCUT2D eigenvalue weighted by molar-refractivity contribution is 0.378. The van der Waals surface area contributed by atoms with E-state index in [0.717, 1.165) is 25.9 Å². The van der Waals surface area contributed by atoms with Crippen molar-refractivity contribution in [3.05, 3.63) is 0 Å². The van der Waals surface area contributed by atoms with Crippen molar-refractivity contribution in [3.63, 3.8) is 0 Å². The van der Waals surface area contributed by atoms with E-state index in [4.69, 9.17) is 10.6 Å². The van der Waals surface area contributed by atoms with Gasteiger partial charge in [-0.25, -0.2) is 5.84 Å². The molecule has 0 fully saturated rings. The first-order valence-corrected chi connectivity index (χ1v) is 5.76. The first-order valence-electron chi connectivity index (χ1n) is 5.76. The van der Waals surface area contributed by atoms with E-state index in [9.17, 15) is 0 Å². The Morgan fingerprint density at radius 2 is 1.82 bits per heavy atom. The fourth-order valence-corrected chi connectivity index (χ4v) is 1.49. The molecular formula is C10H20N6O. The molecular weight excluding hydrogens is 220 g/mol. The highest BCUT2D eigenvalue weighted by atomic mass is 16.5. The molecule has 0 unspecified atom stereocenters. The molecule has 3 N–H and O–H groups in total. The maximum atomic E-state index is 5.31. The summed E-state index contributed by atoms with van der Waals surface area (Å²) in [4.78, 5) is 14.5. The molecule has 0 aliphatic carbocycles. The van der Waals surface area contributed by atoms with Crippen molar-refractivity contribution in [2.24, 2.45) is 5.84 Å². The molecule has 0 aromatic carbocycles. The Hall–Kier alpha value is -1.63. The summed E-state index contributed by atoms with van der Waals surface area (Å²) in [5.41, 5.74) is 2.41. The van der Waals surface area contributed by atoms with Gasteiger partial charge in [0.25, 0.3) is 0 Å². The van der Waals surface area contributed by atoms with Gasteiger partial charge < -0.3 is 9.64 Å². The molecule has 0 atom stereocenters. The second-order valence-corrected chi connectivity index (χ2v) is 3.58. The summed E-state index contributed by atoms with van der Waals surface area (Å²) in [6.45, 7) is 6.02. The molecule has 17 heavy (non-hydrogen) atoms. The van der Waals surface area contributed by atoms with Crippen molar-refractivity contribution < 1.29 is 4.74 Å². The van der Waals surface area contributed by atoms with Gasteiger partial charge in [-0.2, -0.15) is 15.0 Å². The van der Waals surface area contributed by atoms with Crippen LogP contribution in [-0.2, 0) is 0 Å². The Bertz CT molecular complexity index is 317. The lowest BCUT2D eigenvalue weighted by Gasteiger charge is -2.21. The summed E-state index contributed by atoms with van der Waals surface area (Å²) < 4.78 is 5.02. The third kappa shape index (κ3) is 3.70. The second kappa shape index (κ2) is 6.85. The molecule has 1 aromatic rings. The van der Waals surface area contributed by atoms with Gasteiger partial charge in [0.15, 0.2) is 0 Å². The first-order chi connectivity index (χ1) is 8.24. The summed E-state index contributed by atoms with van der Waals surface area (Å²) >= 11 is 0. The van der Waals surface area contributed by atoms with E-state index >= 15 is 0 Å². The quantitative estimate of drug-likeness (QED) is 0.538. The summed E-state index contributed by atoms with van der Waals surface area (Å²) in [6.07, 6.45) is 2.05. The van der Waals surface area contributed by atoms with Crippen LogP contribution in [0, 0.1) is 0 Å². The monoisotopic (exact) mass is 240 g/mol. The number of anilines is 2. The fraction of sp³-hybridized carbons (Fsp3) is 0.700. The highest BCUT2D eigenvalue weighted by molar-refractivity contribution is 5.37. The molecule has 0 aliphatic heterocycles. The van der Waals surface area contributed by atoms with Crippen LogP contribution < -0.4 is 20.9 Å². The Labute approximate surface area is 101 Å². The average molecular weight is 240 g/mol. The Morgan fingerprint density at radius 3 is 2.29 bits per heavy atom. The van der Waals surface area contributed by atoms with Gasteiger partial charge in [-0.15, -0.1) is 0 Å². The maximum absolute atomic E-state index is 5.31. The Morgan fingerprint density at radius 1 is 1.18 bits per heavy atom. The lowest BCUT2D eigenvalue weighted by atomic mass is 10.4. The van der Waals surface area contributed by atoms with Gasteiger partial charge >= 0.3 is 6.01 Å². The van der Waals surface area contributed by atoms with Crippen LogP contribution in [0.1, 0.15) is 26.7 Å². The number of rotatable bonds is 7. The van der Waals surface area contributed by atoms with Crippen LogP contribution in [0.15, 0.2) is 0 Å². The number of aromatic nitrogens is 3. The van der Waals surface area contributed by atoms with E-state index in [-0.39, 0.29) is 6.01 Å². The number of hydrogen-bond acceptors (Lipinski definition) is 7. The number of nitrogen functional groups attached to an aromatic ring is 1. The van der Waals surface area contributed by atoms with Crippen molar-refractivity contribution in [1.82, 2.24) is 15.0 Å². The summed E-state index contributed by atoms with van der Waals surface area (Å²) in [5, 5.41) is 0. The van der Waals surface area contributed by atoms with Crippen molar-refractivity contribution in [3.8, 4) is 6.01 Å². The van der Waals surface area contributed by atoms with Crippen molar-refractivity contribution in [2.75, 3.05) is 30.5 Å². The van der Waals surface area contributed by atoms with Gasteiger partial charge in [0, 0.05) is 13.1 Å². The maximum Gasteiger partial charge on any atom is 0.322 e. The van der Waals surface area contributed by atoms with Crippen LogP contribution in [-0.4, -0.2) is 35.2 Å². The van der Waals surface area contributed by atoms with Crippen LogP contribution in [0.5, 0.6) is 6.01 Å². The molecule has 0 bridgehead atoms. The number of hydrogen-bond donors (Lipinski definition) is 2. The van der Waals surface area contributed by atoms with E-state index in [1.807, 2.05) is 0 Å². The van der Waals surface area contributed by atoms with Crippen LogP contribution >= 0.6 is 0 Å². The highest BCUT2D eigenvalue weighted by Crippen LogP contribution is 2.14. The normalized spacial score (nSPS) is 10.1. The van der Waals surface area contributed by atoms with E-state index < -0.39 is 0 Å². The molecule has 1 heterocycles. The van der Waals surface area contributed by atoms with Crippen LogP contribution in [0.3, 0.4) is 0 Å². The molecule has 0 saturated heterocycles. The zero-order chi connectivity index (χ0) is 12.7. The molecule has 7 nitrogen and oxygen atoms in total. The van der Waals surface area contributed by atoms with Crippen molar-refractivity contribution in [2.45, 2.75) is 26.7 Å². The Balaban J connectivity index is 2.99. The van der Waals surface area contributed by atoms with Gasteiger partial charge in [0.2, 0.25) is 11.9 Å². The minimum atomic E-state index is 0.264. The molecule has 0 radical (unpaired) electrons. The number of ether oxygens (including phenoxy) is 1. The number of methoxy groups -OCH3 is 1. The number of nitrogens with zero attached hydrogens (tertiary/aromatic N) is 4. The largest absolute Gasteiger partial charge is 0.467 e. The van der Waals surface area contributed by atoms with Crippen molar-refractivity contribution >= 4 is 11.9 Å². The van der Waals surface area contributed by atoms with Crippen molar-refractivity contribution in [1.29, 1.82) is 0 Å². The van der Waals surface area contributed by atoms with E-state index in [1.165, 1.54) is 7.11 Å². The van der Waals surface area contributed by atoms with E-state index in [2.05, 4.69) is 39.1 Å². The smallest absolute Gasteiger partial charge is 0.322 e. The number of hydrazine groups is 1. The molecule has 96 valence electrons. The number of nitrogens with one attached hydrogen (secondary N) is 1. The molecule has 7 heteroatoms. The van der Waals surface area contributed by atoms with E-state index in [0.29, 0.717) is 11.9 Å². The standard InChI is InChI=1S/C10H20N6O/c1-4-6-16(7-5-2)9-12-8(15-11)13-10(14-9)17-3/h4-7,11H2,1-3H3,(H,12,13,14,15). The third-order valence-electron chi connectivity index (χ3n) is 2.18. The SMILES string of the molecule is CCCN(CCC)c1nc(NN)nc(OC)n1. The van der Waals surface area contributed by atoms with Crippen LogP contribution in [0.2, 0.25) is 0 Å². The van der Waals surface area contributed by atoms with Gasteiger partial charge in [0.1, 0.15) is 0 Å². The average Bonchev–Trinajstić information content (AvgIpc) is 2.37. The zero-order valence-electron chi connectivity index (χ0n) is 10.6. The summed E-state index contributed by atoms with van der Waals surface area (Å²) in [7, 11) is 1.52. The first kappa shape index (κ1) is 13.4. The third-order valence-corrected chi connectivity index (χ3v) is 2.18. The van der Waals surface area contributed by atoms with Gasteiger partial charge in [-0.05, 0) is 12.8 Å². The van der Waals surface area contributed by atoms with Crippen LogP contribution in [0.25, 0.3) is 0 Å².